The number of nitrogens with one attached hydrogen (secondary N) is 2. The van der Waals surface area contributed by atoms with Crippen molar-refractivity contribution in [2.45, 2.75) is 44.2 Å². The lowest BCUT2D eigenvalue weighted by Gasteiger charge is -2.16. The molecular formula is C14H18N2O. The molecule has 3 nitrogen and oxygen atoms in total. The molecule has 0 saturated heterocycles. The van der Waals surface area contributed by atoms with Crippen molar-refractivity contribution in [1.29, 1.82) is 0 Å². The first kappa shape index (κ1) is 10.6. The van der Waals surface area contributed by atoms with Crippen LogP contribution in [0.4, 0.5) is 5.69 Å². The van der Waals surface area contributed by atoms with Crippen LogP contribution in [-0.2, 0) is 11.2 Å². The van der Waals surface area contributed by atoms with Crippen LogP contribution in [0.1, 0.15) is 31.2 Å². The normalized spacial score (nSPS) is 23.2. The first-order valence-corrected chi connectivity index (χ1v) is 6.48. The molecule has 0 spiro atoms. The molecule has 2 aliphatic rings. The minimum Gasteiger partial charge on any atom is -0.373 e. The van der Waals surface area contributed by atoms with Crippen molar-refractivity contribution >= 4 is 11.6 Å². The van der Waals surface area contributed by atoms with Crippen molar-refractivity contribution in [2.24, 2.45) is 0 Å². The summed E-state index contributed by atoms with van der Waals surface area (Å²) < 4.78 is 0. The summed E-state index contributed by atoms with van der Waals surface area (Å²) in [5.41, 5.74) is 2.36. The molecule has 0 bridgehead atoms. The predicted octanol–water partition coefficient (Wildman–Crippen LogP) is 2.08. The minimum absolute atomic E-state index is 0.0759. The van der Waals surface area contributed by atoms with Crippen LogP contribution in [0.2, 0.25) is 0 Å². The van der Waals surface area contributed by atoms with Gasteiger partial charge in [-0.05, 0) is 24.5 Å². The Morgan fingerprint density at radius 2 is 2.00 bits per heavy atom. The summed E-state index contributed by atoms with van der Waals surface area (Å²) in [5, 5.41) is 6.45. The van der Waals surface area contributed by atoms with Crippen LogP contribution >= 0.6 is 0 Å². The highest BCUT2D eigenvalue weighted by atomic mass is 16.2. The van der Waals surface area contributed by atoms with Gasteiger partial charge in [0.25, 0.3) is 0 Å². The van der Waals surface area contributed by atoms with E-state index in [1.165, 1.54) is 18.4 Å². The zero-order chi connectivity index (χ0) is 11.7. The van der Waals surface area contributed by atoms with Crippen molar-refractivity contribution in [3.8, 4) is 0 Å². The molecule has 17 heavy (non-hydrogen) atoms. The lowest BCUT2D eigenvalue weighted by molar-refractivity contribution is -0.122. The Morgan fingerprint density at radius 1 is 1.24 bits per heavy atom. The van der Waals surface area contributed by atoms with Gasteiger partial charge in [0.05, 0.1) is 0 Å². The molecule has 1 unspecified atom stereocenters. The zero-order valence-electron chi connectivity index (χ0n) is 9.91. The highest BCUT2D eigenvalue weighted by molar-refractivity contribution is 5.87. The van der Waals surface area contributed by atoms with E-state index in [-0.39, 0.29) is 11.9 Å². The molecule has 1 aromatic rings. The van der Waals surface area contributed by atoms with Crippen LogP contribution in [0.25, 0.3) is 0 Å². The Kier molecular flexibility index (Phi) is 2.75. The van der Waals surface area contributed by atoms with Gasteiger partial charge in [-0.25, -0.2) is 0 Å². The van der Waals surface area contributed by atoms with E-state index in [2.05, 4.69) is 16.7 Å². The maximum absolute atomic E-state index is 12.1. The number of hydrogen-bond acceptors (Lipinski definition) is 2. The Balaban J connectivity index is 1.62. The van der Waals surface area contributed by atoms with Crippen LogP contribution in [-0.4, -0.2) is 18.0 Å². The minimum atomic E-state index is -0.0759. The number of rotatable bonds is 2. The van der Waals surface area contributed by atoms with E-state index in [1.54, 1.807) is 0 Å². The van der Waals surface area contributed by atoms with E-state index in [9.17, 15) is 4.79 Å². The number of fused-ring (bicyclic) bond motifs is 1. The third-order valence-corrected chi connectivity index (χ3v) is 3.79. The molecule has 3 rings (SSSR count). The van der Waals surface area contributed by atoms with Gasteiger partial charge in [-0.1, -0.05) is 31.0 Å². The van der Waals surface area contributed by atoms with Gasteiger partial charge in [0.2, 0.25) is 5.91 Å². The predicted molar refractivity (Wildman–Crippen MR) is 68.0 cm³/mol. The van der Waals surface area contributed by atoms with E-state index in [0.717, 1.165) is 24.9 Å². The number of para-hydroxylation sites is 1. The number of anilines is 1. The van der Waals surface area contributed by atoms with Gasteiger partial charge in [-0.3, -0.25) is 4.79 Å². The summed E-state index contributed by atoms with van der Waals surface area (Å²) in [6.07, 6.45) is 5.61. The van der Waals surface area contributed by atoms with E-state index in [1.807, 2.05) is 18.2 Å². The molecule has 0 aromatic heterocycles. The fraction of sp³-hybridized carbons (Fsp3) is 0.500. The van der Waals surface area contributed by atoms with Crippen molar-refractivity contribution in [3.05, 3.63) is 29.8 Å². The van der Waals surface area contributed by atoms with Gasteiger partial charge >= 0.3 is 0 Å². The van der Waals surface area contributed by atoms with Crippen LogP contribution in [0, 0.1) is 0 Å². The Morgan fingerprint density at radius 3 is 2.76 bits per heavy atom. The molecule has 90 valence electrons. The molecule has 3 heteroatoms. The Labute approximate surface area is 102 Å². The summed E-state index contributed by atoms with van der Waals surface area (Å²) in [7, 11) is 0. The summed E-state index contributed by atoms with van der Waals surface area (Å²) in [6.45, 7) is 0. The standard InChI is InChI=1S/C14H18N2O/c17-14(15-11-6-2-3-7-11)13-9-10-5-1-4-8-12(10)16-13/h1,4-5,8,11,13,16H,2-3,6-7,9H2,(H,15,17). The number of benzene rings is 1. The largest absolute Gasteiger partial charge is 0.373 e. The topological polar surface area (TPSA) is 41.1 Å². The van der Waals surface area contributed by atoms with Crippen LogP contribution in [0.15, 0.2) is 24.3 Å². The van der Waals surface area contributed by atoms with Crippen molar-refractivity contribution in [3.63, 3.8) is 0 Å². The fourth-order valence-corrected chi connectivity index (χ4v) is 2.83. The molecule has 1 saturated carbocycles. The van der Waals surface area contributed by atoms with E-state index in [4.69, 9.17) is 0 Å². The molecule has 1 aromatic carbocycles. The molecule has 1 fully saturated rings. The molecule has 1 aliphatic carbocycles. The van der Waals surface area contributed by atoms with Gasteiger partial charge in [-0.15, -0.1) is 0 Å². The third-order valence-electron chi connectivity index (χ3n) is 3.79. The van der Waals surface area contributed by atoms with Crippen molar-refractivity contribution < 1.29 is 4.79 Å². The molecule has 0 radical (unpaired) electrons. The van der Waals surface area contributed by atoms with Crippen molar-refractivity contribution in [2.75, 3.05) is 5.32 Å². The molecular weight excluding hydrogens is 212 g/mol. The van der Waals surface area contributed by atoms with Crippen LogP contribution < -0.4 is 10.6 Å². The highest BCUT2D eigenvalue weighted by Gasteiger charge is 2.28. The van der Waals surface area contributed by atoms with Gasteiger partial charge < -0.3 is 10.6 Å². The summed E-state index contributed by atoms with van der Waals surface area (Å²) in [5.74, 6) is 0.160. The third kappa shape index (κ3) is 2.14. The average molecular weight is 230 g/mol. The number of amides is 1. The summed E-state index contributed by atoms with van der Waals surface area (Å²) >= 11 is 0. The second-order valence-electron chi connectivity index (χ2n) is 5.05. The van der Waals surface area contributed by atoms with Gasteiger partial charge in [0, 0.05) is 18.2 Å². The second-order valence-corrected chi connectivity index (χ2v) is 5.05. The Hall–Kier alpha value is -1.51. The number of carbonyl (C=O) groups excluding carboxylic acids is 1. The van der Waals surface area contributed by atoms with Gasteiger partial charge in [-0.2, -0.15) is 0 Å². The number of hydrogen-bond donors (Lipinski definition) is 2. The van der Waals surface area contributed by atoms with Crippen LogP contribution in [0.3, 0.4) is 0 Å². The van der Waals surface area contributed by atoms with E-state index in [0.29, 0.717) is 6.04 Å². The maximum atomic E-state index is 12.1. The summed E-state index contributed by atoms with van der Waals surface area (Å²) in [4.78, 5) is 12.1. The molecule has 1 atom stereocenters. The SMILES string of the molecule is O=C(NC1CCCC1)C1Cc2ccccc2N1. The van der Waals surface area contributed by atoms with Gasteiger partial charge in [0.15, 0.2) is 0 Å². The monoisotopic (exact) mass is 230 g/mol. The lowest BCUT2D eigenvalue weighted by Crippen LogP contribution is -2.42. The van der Waals surface area contributed by atoms with Crippen LogP contribution in [0.5, 0.6) is 0 Å². The van der Waals surface area contributed by atoms with E-state index < -0.39 is 0 Å². The fourth-order valence-electron chi connectivity index (χ4n) is 2.83. The van der Waals surface area contributed by atoms with E-state index >= 15 is 0 Å². The molecule has 1 aliphatic heterocycles. The number of carbonyl (C=O) groups is 1. The summed E-state index contributed by atoms with van der Waals surface area (Å²) in [6, 6.07) is 8.49. The quantitative estimate of drug-likeness (QED) is 0.816. The van der Waals surface area contributed by atoms with Gasteiger partial charge in [0.1, 0.15) is 6.04 Å². The Bertz CT molecular complexity index is 399. The smallest absolute Gasteiger partial charge is 0.243 e. The first-order chi connectivity index (χ1) is 8.33. The highest BCUT2D eigenvalue weighted by Crippen LogP contribution is 2.25. The molecule has 2 N–H and O–H groups in total. The molecule has 1 heterocycles. The second kappa shape index (κ2) is 4.40. The first-order valence-electron chi connectivity index (χ1n) is 6.48. The molecule has 1 amide bonds. The lowest BCUT2D eigenvalue weighted by atomic mass is 10.1. The maximum Gasteiger partial charge on any atom is 0.243 e. The average Bonchev–Trinajstić information content (AvgIpc) is 2.96. The van der Waals surface area contributed by atoms with Crippen molar-refractivity contribution in [1.82, 2.24) is 5.32 Å². The zero-order valence-corrected chi connectivity index (χ0v) is 9.91.